The molecule has 0 spiro atoms. The molecular weight excluding hydrogens is 348 g/mol. The average molecular weight is 372 g/mol. The van der Waals surface area contributed by atoms with Gasteiger partial charge in [-0.25, -0.2) is 0 Å². The first-order chi connectivity index (χ1) is 12.8. The number of anilines is 1. The van der Waals surface area contributed by atoms with E-state index in [9.17, 15) is 14.9 Å². The van der Waals surface area contributed by atoms with Gasteiger partial charge in [0.05, 0.1) is 11.5 Å². The molecule has 1 atom stereocenters. The van der Waals surface area contributed by atoms with Crippen LogP contribution in [-0.4, -0.2) is 23.5 Å². The van der Waals surface area contributed by atoms with Crippen LogP contribution in [0, 0.1) is 16.0 Å². The molecule has 0 saturated carbocycles. The Bertz CT molecular complexity index is 774. The predicted octanol–water partition coefficient (Wildman–Crippen LogP) is 4.43. The topological polar surface area (TPSA) is 90.7 Å². The molecule has 0 bridgehead atoms. The summed E-state index contributed by atoms with van der Waals surface area (Å²) in [6.45, 7) is 6.49. The zero-order valence-electron chi connectivity index (χ0n) is 15.7. The molecular formula is C20H24N2O5. The van der Waals surface area contributed by atoms with Crippen LogP contribution in [0.4, 0.5) is 11.4 Å². The van der Waals surface area contributed by atoms with Crippen molar-refractivity contribution in [2.75, 3.05) is 11.9 Å². The van der Waals surface area contributed by atoms with Crippen LogP contribution >= 0.6 is 0 Å². The number of nitrogens with one attached hydrogen (secondary N) is 1. The zero-order chi connectivity index (χ0) is 19.8. The van der Waals surface area contributed by atoms with Gasteiger partial charge in [0.2, 0.25) is 0 Å². The fourth-order valence-electron chi connectivity index (χ4n) is 2.22. The van der Waals surface area contributed by atoms with E-state index in [0.29, 0.717) is 29.7 Å². The molecule has 1 amide bonds. The molecule has 1 unspecified atom stereocenters. The molecule has 0 aliphatic heterocycles. The van der Waals surface area contributed by atoms with Crippen LogP contribution in [0.3, 0.4) is 0 Å². The number of hydrogen-bond acceptors (Lipinski definition) is 5. The maximum atomic E-state index is 12.3. The molecule has 0 saturated heterocycles. The summed E-state index contributed by atoms with van der Waals surface area (Å²) in [7, 11) is 0. The highest BCUT2D eigenvalue weighted by Crippen LogP contribution is 2.20. The molecule has 27 heavy (non-hydrogen) atoms. The predicted molar refractivity (Wildman–Crippen MR) is 103 cm³/mol. The number of rotatable bonds is 9. The Morgan fingerprint density at radius 1 is 1.11 bits per heavy atom. The van der Waals surface area contributed by atoms with Gasteiger partial charge in [-0.05, 0) is 43.5 Å². The van der Waals surface area contributed by atoms with Crippen molar-refractivity contribution < 1.29 is 19.2 Å². The standard InChI is InChI=1S/C20H24N2O5/c1-14(2)11-12-26-19-6-4-5-16(13-19)21-20(23)15(3)27-18-9-7-17(8-10-18)22(24)25/h4-10,13-15H,11-12H2,1-3H3,(H,21,23). The summed E-state index contributed by atoms with van der Waals surface area (Å²) >= 11 is 0. The van der Waals surface area contributed by atoms with Crippen molar-refractivity contribution in [3.8, 4) is 11.5 Å². The van der Waals surface area contributed by atoms with E-state index in [1.165, 1.54) is 24.3 Å². The quantitative estimate of drug-likeness (QED) is 0.519. The molecule has 144 valence electrons. The maximum Gasteiger partial charge on any atom is 0.269 e. The number of nitro groups is 1. The van der Waals surface area contributed by atoms with Crippen LogP contribution in [0.5, 0.6) is 11.5 Å². The lowest BCUT2D eigenvalue weighted by Crippen LogP contribution is -2.30. The van der Waals surface area contributed by atoms with Gasteiger partial charge in [-0.2, -0.15) is 0 Å². The molecule has 0 radical (unpaired) electrons. The van der Waals surface area contributed by atoms with Crippen molar-refractivity contribution in [2.24, 2.45) is 5.92 Å². The summed E-state index contributed by atoms with van der Waals surface area (Å²) in [6.07, 6.45) is 0.188. The average Bonchev–Trinajstić information content (AvgIpc) is 2.62. The van der Waals surface area contributed by atoms with Crippen LogP contribution in [0.2, 0.25) is 0 Å². The lowest BCUT2D eigenvalue weighted by atomic mass is 10.1. The molecule has 7 nitrogen and oxygen atoms in total. The molecule has 0 aliphatic carbocycles. The summed E-state index contributed by atoms with van der Waals surface area (Å²) in [5.74, 6) is 1.31. The van der Waals surface area contributed by atoms with E-state index in [0.717, 1.165) is 6.42 Å². The smallest absolute Gasteiger partial charge is 0.269 e. The third-order valence-electron chi connectivity index (χ3n) is 3.80. The number of ether oxygens (including phenoxy) is 2. The van der Waals surface area contributed by atoms with E-state index in [2.05, 4.69) is 19.2 Å². The summed E-state index contributed by atoms with van der Waals surface area (Å²) in [5, 5.41) is 13.4. The van der Waals surface area contributed by atoms with Gasteiger partial charge in [0.1, 0.15) is 11.5 Å². The molecule has 0 heterocycles. The Hall–Kier alpha value is -3.09. The van der Waals surface area contributed by atoms with Gasteiger partial charge in [0, 0.05) is 23.9 Å². The van der Waals surface area contributed by atoms with E-state index >= 15 is 0 Å². The number of carbonyl (C=O) groups is 1. The van der Waals surface area contributed by atoms with Gasteiger partial charge in [0.25, 0.3) is 11.6 Å². The first kappa shape index (κ1) is 20.2. The summed E-state index contributed by atoms with van der Waals surface area (Å²) < 4.78 is 11.2. The van der Waals surface area contributed by atoms with Crippen LogP contribution in [0.25, 0.3) is 0 Å². The molecule has 0 fully saturated rings. The van der Waals surface area contributed by atoms with Gasteiger partial charge < -0.3 is 14.8 Å². The van der Waals surface area contributed by atoms with Crippen molar-refractivity contribution in [3.63, 3.8) is 0 Å². The van der Waals surface area contributed by atoms with Crippen molar-refractivity contribution in [1.29, 1.82) is 0 Å². The monoisotopic (exact) mass is 372 g/mol. The largest absolute Gasteiger partial charge is 0.494 e. The minimum atomic E-state index is -0.767. The lowest BCUT2D eigenvalue weighted by molar-refractivity contribution is -0.384. The maximum absolute atomic E-state index is 12.3. The van der Waals surface area contributed by atoms with E-state index in [-0.39, 0.29) is 11.6 Å². The van der Waals surface area contributed by atoms with Crippen LogP contribution in [0.15, 0.2) is 48.5 Å². The summed E-state index contributed by atoms with van der Waals surface area (Å²) in [4.78, 5) is 22.5. The molecule has 0 aliphatic rings. The first-order valence-electron chi connectivity index (χ1n) is 8.80. The highest BCUT2D eigenvalue weighted by atomic mass is 16.6. The van der Waals surface area contributed by atoms with Gasteiger partial charge in [-0.1, -0.05) is 19.9 Å². The number of carbonyl (C=O) groups excluding carboxylic acids is 1. The van der Waals surface area contributed by atoms with Crippen LogP contribution in [0.1, 0.15) is 27.2 Å². The Morgan fingerprint density at radius 3 is 2.44 bits per heavy atom. The number of non-ortho nitro benzene ring substituents is 1. The third kappa shape index (κ3) is 6.62. The SMILES string of the molecule is CC(C)CCOc1cccc(NC(=O)C(C)Oc2ccc([N+](=O)[O-])cc2)c1. The second-order valence-electron chi connectivity index (χ2n) is 6.56. The molecule has 7 heteroatoms. The number of hydrogen-bond donors (Lipinski definition) is 1. The minimum absolute atomic E-state index is 0.0336. The molecule has 2 rings (SSSR count). The van der Waals surface area contributed by atoms with E-state index in [1.807, 2.05) is 12.1 Å². The highest BCUT2D eigenvalue weighted by molar-refractivity contribution is 5.94. The number of nitro benzene ring substituents is 1. The van der Waals surface area contributed by atoms with E-state index in [4.69, 9.17) is 9.47 Å². The number of amides is 1. The fourth-order valence-corrected chi connectivity index (χ4v) is 2.22. The van der Waals surface area contributed by atoms with Crippen LogP contribution < -0.4 is 14.8 Å². The van der Waals surface area contributed by atoms with Gasteiger partial charge in [0.15, 0.2) is 6.10 Å². The second kappa shape index (κ2) is 9.56. The Balaban J connectivity index is 1.90. The molecule has 0 aromatic heterocycles. The summed E-state index contributed by atoms with van der Waals surface area (Å²) in [6, 6.07) is 12.8. The van der Waals surface area contributed by atoms with E-state index in [1.54, 1.807) is 19.1 Å². The third-order valence-corrected chi connectivity index (χ3v) is 3.80. The fraction of sp³-hybridized carbons (Fsp3) is 0.350. The van der Waals surface area contributed by atoms with Crippen LogP contribution in [-0.2, 0) is 4.79 Å². The molecule has 2 aromatic carbocycles. The Labute approximate surface area is 158 Å². The van der Waals surface area contributed by atoms with Crippen molar-refractivity contribution >= 4 is 17.3 Å². The number of benzene rings is 2. The van der Waals surface area contributed by atoms with Crippen molar-refractivity contribution in [3.05, 3.63) is 58.6 Å². The van der Waals surface area contributed by atoms with E-state index < -0.39 is 11.0 Å². The molecule has 2 aromatic rings. The lowest BCUT2D eigenvalue weighted by Gasteiger charge is -2.15. The normalized spacial score (nSPS) is 11.7. The van der Waals surface area contributed by atoms with Gasteiger partial charge in [-0.15, -0.1) is 0 Å². The van der Waals surface area contributed by atoms with Crippen molar-refractivity contribution in [1.82, 2.24) is 0 Å². The first-order valence-corrected chi connectivity index (χ1v) is 8.80. The highest BCUT2D eigenvalue weighted by Gasteiger charge is 2.16. The zero-order valence-corrected chi connectivity index (χ0v) is 15.7. The molecule has 1 N–H and O–H groups in total. The van der Waals surface area contributed by atoms with Crippen molar-refractivity contribution in [2.45, 2.75) is 33.3 Å². The minimum Gasteiger partial charge on any atom is -0.494 e. The number of nitrogens with zero attached hydrogens (tertiary/aromatic N) is 1. The van der Waals surface area contributed by atoms with Gasteiger partial charge >= 0.3 is 0 Å². The Morgan fingerprint density at radius 2 is 1.81 bits per heavy atom. The second-order valence-corrected chi connectivity index (χ2v) is 6.56. The summed E-state index contributed by atoms with van der Waals surface area (Å²) in [5.41, 5.74) is 0.579. The van der Waals surface area contributed by atoms with Gasteiger partial charge in [-0.3, -0.25) is 14.9 Å². The Kier molecular flexibility index (Phi) is 7.16.